The van der Waals surface area contributed by atoms with Crippen LogP contribution >= 0.6 is 15.9 Å². The summed E-state index contributed by atoms with van der Waals surface area (Å²) < 4.78 is 11.4. The number of ketones is 1. The van der Waals surface area contributed by atoms with Gasteiger partial charge in [0, 0.05) is 19.5 Å². The molecule has 0 saturated carbocycles. The molecule has 0 bridgehead atoms. The Morgan fingerprint density at radius 1 is 1.38 bits per heavy atom. The smallest absolute Gasteiger partial charge is 0.156 e. The maximum Gasteiger partial charge on any atom is 0.156 e. The van der Waals surface area contributed by atoms with Crippen molar-refractivity contribution in [1.29, 1.82) is 0 Å². The standard InChI is InChI=1S/C16H22BrNO3/c1-16(2,18-6-8-21-9-7-18)15(19)11-12-4-5-14(20-3)13(17)10-12/h4-5,10H,6-9,11H2,1-3H3. The van der Waals surface area contributed by atoms with Gasteiger partial charge in [0.25, 0.3) is 0 Å². The molecule has 5 heteroatoms. The summed E-state index contributed by atoms with van der Waals surface area (Å²) in [6, 6.07) is 5.78. The molecule has 0 N–H and O–H groups in total. The van der Waals surface area contributed by atoms with Gasteiger partial charge in [-0.2, -0.15) is 0 Å². The topological polar surface area (TPSA) is 38.8 Å². The molecule has 0 unspecified atom stereocenters. The summed E-state index contributed by atoms with van der Waals surface area (Å²) >= 11 is 3.46. The minimum atomic E-state index is -0.462. The van der Waals surface area contributed by atoms with Crippen molar-refractivity contribution in [2.24, 2.45) is 0 Å². The Bertz CT molecular complexity index is 510. The molecule has 1 aliphatic rings. The lowest BCUT2D eigenvalue weighted by Gasteiger charge is -2.39. The summed E-state index contributed by atoms with van der Waals surface area (Å²) in [5.74, 6) is 1.00. The van der Waals surface area contributed by atoms with Crippen molar-refractivity contribution >= 4 is 21.7 Å². The SMILES string of the molecule is COc1ccc(CC(=O)C(C)(C)N2CCOCC2)cc1Br. The number of methoxy groups -OCH3 is 1. The number of carbonyl (C=O) groups excluding carboxylic acids is 1. The number of hydrogen-bond acceptors (Lipinski definition) is 4. The molecule has 0 aromatic heterocycles. The van der Waals surface area contributed by atoms with Gasteiger partial charge in [-0.1, -0.05) is 6.07 Å². The summed E-state index contributed by atoms with van der Waals surface area (Å²) in [6.45, 7) is 7.02. The first-order valence-electron chi connectivity index (χ1n) is 7.13. The molecule has 0 amide bonds. The van der Waals surface area contributed by atoms with Gasteiger partial charge in [0.15, 0.2) is 5.78 Å². The molecular weight excluding hydrogens is 334 g/mol. The number of hydrogen-bond donors (Lipinski definition) is 0. The molecule has 4 nitrogen and oxygen atoms in total. The Balaban J connectivity index is 2.07. The second kappa shape index (κ2) is 6.90. The van der Waals surface area contributed by atoms with E-state index in [-0.39, 0.29) is 5.78 Å². The van der Waals surface area contributed by atoms with Crippen molar-refractivity contribution in [3.05, 3.63) is 28.2 Å². The molecule has 1 saturated heterocycles. The Labute approximate surface area is 134 Å². The van der Waals surface area contributed by atoms with E-state index in [9.17, 15) is 4.79 Å². The molecule has 1 fully saturated rings. The second-order valence-corrected chi connectivity index (χ2v) is 6.58. The third-order valence-corrected chi connectivity index (χ3v) is 4.68. The lowest BCUT2D eigenvalue weighted by molar-refractivity contribution is -0.131. The van der Waals surface area contributed by atoms with E-state index >= 15 is 0 Å². The minimum absolute atomic E-state index is 0.224. The molecule has 0 atom stereocenters. The van der Waals surface area contributed by atoms with Crippen molar-refractivity contribution in [1.82, 2.24) is 4.90 Å². The number of Topliss-reactive ketones (excluding diaryl/α,β-unsaturated/α-hetero) is 1. The highest BCUT2D eigenvalue weighted by Crippen LogP contribution is 2.27. The predicted molar refractivity (Wildman–Crippen MR) is 85.9 cm³/mol. The first-order chi connectivity index (χ1) is 9.95. The molecule has 2 rings (SSSR count). The third kappa shape index (κ3) is 3.84. The van der Waals surface area contributed by atoms with Crippen LogP contribution in [0.3, 0.4) is 0 Å². The Hall–Kier alpha value is -0.910. The normalized spacial score (nSPS) is 16.8. The van der Waals surface area contributed by atoms with Gasteiger partial charge >= 0.3 is 0 Å². The fourth-order valence-electron chi connectivity index (χ4n) is 2.52. The number of halogens is 1. The van der Waals surface area contributed by atoms with Gasteiger partial charge in [0.2, 0.25) is 0 Å². The van der Waals surface area contributed by atoms with Crippen molar-refractivity contribution in [3.63, 3.8) is 0 Å². The zero-order valence-electron chi connectivity index (χ0n) is 12.8. The van der Waals surface area contributed by atoms with Crippen molar-refractivity contribution in [2.75, 3.05) is 33.4 Å². The molecule has 1 heterocycles. The summed E-state index contributed by atoms with van der Waals surface area (Å²) in [5, 5.41) is 0. The fourth-order valence-corrected chi connectivity index (χ4v) is 3.11. The Kier molecular flexibility index (Phi) is 5.41. The van der Waals surface area contributed by atoms with E-state index in [0.717, 1.165) is 28.9 Å². The average molecular weight is 356 g/mol. The van der Waals surface area contributed by atoms with Gasteiger partial charge in [-0.05, 0) is 47.5 Å². The van der Waals surface area contributed by atoms with Crippen molar-refractivity contribution in [3.8, 4) is 5.75 Å². The highest BCUT2D eigenvalue weighted by Gasteiger charge is 2.34. The van der Waals surface area contributed by atoms with Crippen molar-refractivity contribution < 1.29 is 14.3 Å². The number of rotatable bonds is 5. The van der Waals surface area contributed by atoms with Crippen LogP contribution in [-0.4, -0.2) is 49.6 Å². The van der Waals surface area contributed by atoms with Gasteiger partial charge < -0.3 is 9.47 Å². The van der Waals surface area contributed by atoms with Crippen LogP contribution in [-0.2, 0) is 16.0 Å². The number of benzene rings is 1. The van der Waals surface area contributed by atoms with Gasteiger partial charge in [-0.25, -0.2) is 0 Å². The number of morpholine rings is 1. The molecule has 0 radical (unpaired) electrons. The Morgan fingerprint density at radius 3 is 2.62 bits per heavy atom. The van der Waals surface area contributed by atoms with E-state index < -0.39 is 5.54 Å². The van der Waals surface area contributed by atoms with Crippen LogP contribution in [0.2, 0.25) is 0 Å². The number of nitrogens with zero attached hydrogens (tertiary/aromatic N) is 1. The van der Waals surface area contributed by atoms with Crippen LogP contribution in [0.1, 0.15) is 19.4 Å². The Morgan fingerprint density at radius 2 is 2.05 bits per heavy atom. The highest BCUT2D eigenvalue weighted by atomic mass is 79.9. The van der Waals surface area contributed by atoms with Crippen LogP contribution in [0.15, 0.2) is 22.7 Å². The highest BCUT2D eigenvalue weighted by molar-refractivity contribution is 9.10. The number of carbonyl (C=O) groups is 1. The lowest BCUT2D eigenvalue weighted by Crippen LogP contribution is -2.54. The van der Waals surface area contributed by atoms with Gasteiger partial charge in [-0.15, -0.1) is 0 Å². The maximum atomic E-state index is 12.7. The maximum absolute atomic E-state index is 12.7. The van der Waals surface area contributed by atoms with E-state index in [1.807, 2.05) is 32.0 Å². The largest absolute Gasteiger partial charge is 0.496 e. The van der Waals surface area contributed by atoms with Crippen molar-refractivity contribution in [2.45, 2.75) is 25.8 Å². The summed E-state index contributed by atoms with van der Waals surface area (Å²) in [4.78, 5) is 14.9. The fraction of sp³-hybridized carbons (Fsp3) is 0.562. The molecule has 116 valence electrons. The molecule has 1 aliphatic heterocycles. The molecule has 1 aromatic rings. The first kappa shape index (κ1) is 16.5. The molecule has 0 aliphatic carbocycles. The summed E-state index contributed by atoms with van der Waals surface area (Å²) in [5.41, 5.74) is 0.532. The first-order valence-corrected chi connectivity index (χ1v) is 7.93. The zero-order chi connectivity index (χ0) is 15.5. The van der Waals surface area contributed by atoms with Crippen LogP contribution in [0.5, 0.6) is 5.75 Å². The second-order valence-electron chi connectivity index (χ2n) is 5.73. The average Bonchev–Trinajstić information content (AvgIpc) is 2.48. The van der Waals surface area contributed by atoms with Gasteiger partial charge in [0.05, 0.1) is 30.3 Å². The minimum Gasteiger partial charge on any atom is -0.496 e. The van der Waals surface area contributed by atoms with E-state index in [4.69, 9.17) is 9.47 Å². The zero-order valence-corrected chi connectivity index (χ0v) is 14.4. The summed E-state index contributed by atoms with van der Waals surface area (Å²) in [7, 11) is 1.63. The molecular formula is C16H22BrNO3. The quantitative estimate of drug-likeness (QED) is 0.813. The van der Waals surface area contributed by atoms with Crippen LogP contribution in [0, 0.1) is 0 Å². The van der Waals surface area contributed by atoms with E-state index in [0.29, 0.717) is 19.6 Å². The van der Waals surface area contributed by atoms with Crippen LogP contribution in [0.4, 0.5) is 0 Å². The molecule has 0 spiro atoms. The summed E-state index contributed by atoms with van der Waals surface area (Å²) in [6.07, 6.45) is 0.424. The van der Waals surface area contributed by atoms with Crippen LogP contribution in [0.25, 0.3) is 0 Å². The molecule has 21 heavy (non-hydrogen) atoms. The molecule has 1 aromatic carbocycles. The van der Waals surface area contributed by atoms with Gasteiger partial charge in [-0.3, -0.25) is 9.69 Å². The van der Waals surface area contributed by atoms with Gasteiger partial charge in [0.1, 0.15) is 5.75 Å². The number of ether oxygens (including phenoxy) is 2. The lowest BCUT2D eigenvalue weighted by atomic mass is 9.91. The predicted octanol–water partition coefficient (Wildman–Crippen LogP) is 2.68. The van der Waals surface area contributed by atoms with E-state index in [1.165, 1.54) is 0 Å². The third-order valence-electron chi connectivity index (χ3n) is 4.06. The van der Waals surface area contributed by atoms with E-state index in [2.05, 4.69) is 20.8 Å². The monoisotopic (exact) mass is 355 g/mol. The van der Waals surface area contributed by atoms with E-state index in [1.54, 1.807) is 7.11 Å². The van der Waals surface area contributed by atoms with Crippen LogP contribution < -0.4 is 4.74 Å².